The van der Waals surface area contributed by atoms with Crippen LogP contribution in [-0.2, 0) is 16.1 Å². The summed E-state index contributed by atoms with van der Waals surface area (Å²) in [5, 5.41) is 11.4. The fraction of sp³-hybridized carbons (Fsp3) is 0.556. The summed E-state index contributed by atoms with van der Waals surface area (Å²) >= 11 is 5.42. The number of carbonyl (C=O) groups excluding carboxylic acids is 1. The average molecular weight is 391 g/mol. The number of alkyl halides is 1. The third kappa shape index (κ3) is 10.3. The molecule has 1 amide bonds. The molecule has 1 aromatic carbocycles. The van der Waals surface area contributed by atoms with Gasteiger partial charge in [0.1, 0.15) is 0 Å². The van der Waals surface area contributed by atoms with E-state index in [0.717, 1.165) is 31.2 Å². The molecule has 1 aliphatic carbocycles. The second-order valence-electron chi connectivity index (χ2n) is 5.99. The Labute approximate surface area is 160 Å². The van der Waals surface area contributed by atoms with Crippen molar-refractivity contribution in [2.24, 2.45) is 17.6 Å². The Morgan fingerprint density at radius 2 is 1.76 bits per heavy atom. The number of benzene rings is 1. The highest BCUT2D eigenvalue weighted by Gasteiger charge is 2.24. The van der Waals surface area contributed by atoms with E-state index in [1.807, 2.05) is 30.3 Å². The van der Waals surface area contributed by atoms with Gasteiger partial charge in [0.15, 0.2) is 0 Å². The maximum atomic E-state index is 11.0. The summed E-state index contributed by atoms with van der Waals surface area (Å²) in [6.07, 6.45) is 4.00. The number of nitrogens with two attached hydrogens (primary N) is 1. The zero-order chi connectivity index (χ0) is 17.8. The van der Waals surface area contributed by atoms with E-state index in [2.05, 4.69) is 5.32 Å². The predicted octanol–water partition coefficient (Wildman–Crippen LogP) is 3.19. The molecule has 1 aromatic rings. The molecule has 1 saturated carbocycles. The Balaban J connectivity index is 0.000000449. The van der Waals surface area contributed by atoms with Crippen LogP contribution in [0.3, 0.4) is 0 Å². The number of aliphatic carboxylic acids is 1. The van der Waals surface area contributed by atoms with Crippen molar-refractivity contribution in [3.63, 3.8) is 0 Å². The summed E-state index contributed by atoms with van der Waals surface area (Å²) in [7, 11) is 0. The third-order valence-corrected chi connectivity index (χ3v) is 4.37. The first-order valence-electron chi connectivity index (χ1n) is 8.36. The lowest BCUT2D eigenvalue weighted by Gasteiger charge is -2.24. The van der Waals surface area contributed by atoms with E-state index in [1.54, 1.807) is 0 Å². The van der Waals surface area contributed by atoms with E-state index in [0.29, 0.717) is 31.3 Å². The molecule has 0 bridgehead atoms. The van der Waals surface area contributed by atoms with Gasteiger partial charge in [-0.1, -0.05) is 30.3 Å². The lowest BCUT2D eigenvalue weighted by molar-refractivity contribution is -0.143. The van der Waals surface area contributed by atoms with Gasteiger partial charge in [-0.25, -0.2) is 0 Å². The number of carboxylic acids is 1. The highest BCUT2D eigenvalue weighted by molar-refractivity contribution is 6.18. The van der Waals surface area contributed by atoms with E-state index in [-0.39, 0.29) is 24.2 Å². The average Bonchev–Trinajstić information content (AvgIpc) is 2.62. The molecule has 0 radical (unpaired) electrons. The third-order valence-electron chi connectivity index (χ3n) is 4.18. The molecule has 5 nitrogen and oxygen atoms in total. The van der Waals surface area contributed by atoms with Gasteiger partial charge in [0.25, 0.3) is 0 Å². The van der Waals surface area contributed by atoms with Gasteiger partial charge < -0.3 is 16.2 Å². The minimum atomic E-state index is -0.638. The SMILES string of the molecule is Cl.NC[C@H]1CC[C@H](C(=O)O)CC1.O=C(CCCl)NCc1ccccc1. The zero-order valence-electron chi connectivity index (χ0n) is 14.3. The van der Waals surface area contributed by atoms with Gasteiger partial charge in [-0.2, -0.15) is 0 Å². The number of carbonyl (C=O) groups is 2. The van der Waals surface area contributed by atoms with E-state index in [4.69, 9.17) is 22.4 Å². The summed E-state index contributed by atoms with van der Waals surface area (Å²) < 4.78 is 0. The van der Waals surface area contributed by atoms with Crippen LogP contribution in [0.2, 0.25) is 0 Å². The van der Waals surface area contributed by atoms with Crippen molar-refractivity contribution in [2.45, 2.75) is 38.6 Å². The van der Waals surface area contributed by atoms with Crippen molar-refractivity contribution in [1.29, 1.82) is 0 Å². The first-order chi connectivity index (χ1) is 11.6. The quantitative estimate of drug-likeness (QED) is 0.650. The van der Waals surface area contributed by atoms with E-state index in [9.17, 15) is 9.59 Å². The van der Waals surface area contributed by atoms with Crippen LogP contribution < -0.4 is 11.1 Å². The maximum Gasteiger partial charge on any atom is 0.306 e. The number of nitrogens with one attached hydrogen (secondary N) is 1. The fourth-order valence-electron chi connectivity index (χ4n) is 2.62. The molecular formula is C18H28Cl2N2O3. The molecule has 0 aliphatic heterocycles. The molecule has 142 valence electrons. The predicted molar refractivity (Wildman–Crippen MR) is 103 cm³/mol. The minimum Gasteiger partial charge on any atom is -0.481 e. The first kappa shape index (κ1) is 23.7. The first-order valence-corrected chi connectivity index (χ1v) is 8.89. The topological polar surface area (TPSA) is 92.4 Å². The molecule has 1 aliphatic rings. The van der Waals surface area contributed by atoms with Gasteiger partial charge >= 0.3 is 5.97 Å². The molecule has 0 saturated heterocycles. The van der Waals surface area contributed by atoms with Gasteiger partial charge in [0, 0.05) is 18.8 Å². The number of hydrogen-bond acceptors (Lipinski definition) is 3. The van der Waals surface area contributed by atoms with Gasteiger partial charge in [-0.15, -0.1) is 24.0 Å². The van der Waals surface area contributed by atoms with Gasteiger partial charge in [0.05, 0.1) is 5.92 Å². The highest BCUT2D eigenvalue weighted by Crippen LogP contribution is 2.27. The molecule has 0 heterocycles. The van der Waals surface area contributed by atoms with Crippen LogP contribution >= 0.6 is 24.0 Å². The van der Waals surface area contributed by atoms with Crippen molar-refractivity contribution >= 4 is 35.9 Å². The van der Waals surface area contributed by atoms with Crippen LogP contribution in [0.15, 0.2) is 30.3 Å². The largest absolute Gasteiger partial charge is 0.481 e. The van der Waals surface area contributed by atoms with Crippen molar-refractivity contribution < 1.29 is 14.7 Å². The summed E-state index contributed by atoms with van der Waals surface area (Å²) in [5.74, 6) is 0.211. The van der Waals surface area contributed by atoms with Gasteiger partial charge in [0.2, 0.25) is 5.91 Å². The van der Waals surface area contributed by atoms with Crippen molar-refractivity contribution in [3.8, 4) is 0 Å². The Morgan fingerprint density at radius 3 is 2.24 bits per heavy atom. The molecular weight excluding hydrogens is 363 g/mol. The van der Waals surface area contributed by atoms with Gasteiger partial charge in [-0.3, -0.25) is 9.59 Å². The highest BCUT2D eigenvalue weighted by atomic mass is 35.5. The Hall–Kier alpha value is -1.30. The molecule has 0 atom stereocenters. The second kappa shape index (κ2) is 13.9. The Bertz CT molecular complexity index is 492. The minimum absolute atomic E-state index is 0. The molecule has 1 fully saturated rings. The number of rotatable bonds is 6. The lowest BCUT2D eigenvalue weighted by Crippen LogP contribution is -2.25. The molecule has 7 heteroatoms. The molecule has 25 heavy (non-hydrogen) atoms. The Kier molecular flexibility index (Phi) is 13.2. The smallest absolute Gasteiger partial charge is 0.306 e. The van der Waals surface area contributed by atoms with Crippen LogP contribution in [0, 0.1) is 11.8 Å². The molecule has 4 N–H and O–H groups in total. The van der Waals surface area contributed by atoms with Crippen LogP contribution in [0.1, 0.15) is 37.7 Å². The summed E-state index contributed by atoms with van der Waals surface area (Å²) in [5.41, 5.74) is 6.58. The van der Waals surface area contributed by atoms with E-state index < -0.39 is 5.97 Å². The van der Waals surface area contributed by atoms with Gasteiger partial charge in [-0.05, 0) is 43.7 Å². The molecule has 0 spiro atoms. The lowest BCUT2D eigenvalue weighted by atomic mass is 9.82. The summed E-state index contributed by atoms with van der Waals surface area (Å²) in [6, 6.07) is 9.79. The Morgan fingerprint density at radius 1 is 1.16 bits per heavy atom. The molecule has 0 aromatic heterocycles. The van der Waals surface area contributed by atoms with Crippen LogP contribution in [0.25, 0.3) is 0 Å². The van der Waals surface area contributed by atoms with Crippen molar-refractivity contribution in [1.82, 2.24) is 5.32 Å². The van der Waals surface area contributed by atoms with Crippen LogP contribution in [0.5, 0.6) is 0 Å². The van der Waals surface area contributed by atoms with E-state index >= 15 is 0 Å². The summed E-state index contributed by atoms with van der Waals surface area (Å²) in [4.78, 5) is 21.5. The van der Waals surface area contributed by atoms with Crippen LogP contribution in [0.4, 0.5) is 0 Å². The maximum absolute atomic E-state index is 11.0. The number of halogens is 2. The fourth-order valence-corrected chi connectivity index (χ4v) is 2.79. The standard InChI is InChI=1S/C10H12ClNO.C8H15NO2.ClH/c11-7-6-10(13)12-8-9-4-2-1-3-5-9;9-5-6-1-3-7(4-2-6)8(10)11;/h1-5H,6-8H2,(H,12,13);6-7H,1-5,9H2,(H,10,11);1H/t;6-,7-;. The van der Waals surface area contributed by atoms with Crippen LogP contribution in [-0.4, -0.2) is 29.4 Å². The second-order valence-corrected chi connectivity index (χ2v) is 6.37. The molecule has 0 unspecified atom stereocenters. The number of carboxylic acid groups (broad SMARTS) is 1. The van der Waals surface area contributed by atoms with Crippen molar-refractivity contribution in [3.05, 3.63) is 35.9 Å². The number of amides is 1. The molecule has 2 rings (SSSR count). The zero-order valence-corrected chi connectivity index (χ0v) is 15.9. The van der Waals surface area contributed by atoms with E-state index in [1.165, 1.54) is 0 Å². The van der Waals surface area contributed by atoms with Crippen molar-refractivity contribution in [2.75, 3.05) is 12.4 Å². The monoisotopic (exact) mass is 390 g/mol. The number of hydrogen-bond donors (Lipinski definition) is 3. The normalized spacial score (nSPS) is 19.0. The summed E-state index contributed by atoms with van der Waals surface area (Å²) in [6.45, 7) is 1.29.